The second kappa shape index (κ2) is 10.2. The van der Waals surface area contributed by atoms with Crippen LogP contribution in [0.1, 0.15) is 59.2 Å². The fourth-order valence-corrected chi connectivity index (χ4v) is 4.56. The van der Waals surface area contributed by atoms with E-state index in [0.717, 1.165) is 22.7 Å². The summed E-state index contributed by atoms with van der Waals surface area (Å²) < 4.78 is 44.1. The number of aromatic nitrogens is 1. The van der Waals surface area contributed by atoms with Gasteiger partial charge < -0.3 is 9.84 Å². The van der Waals surface area contributed by atoms with Crippen molar-refractivity contribution in [3.63, 3.8) is 0 Å². The van der Waals surface area contributed by atoms with Gasteiger partial charge in [0.15, 0.2) is 11.4 Å². The van der Waals surface area contributed by atoms with Gasteiger partial charge in [-0.15, -0.1) is 11.3 Å². The highest BCUT2D eigenvalue weighted by molar-refractivity contribution is 7.15. The van der Waals surface area contributed by atoms with Crippen molar-refractivity contribution in [3.8, 4) is 16.3 Å². The lowest BCUT2D eigenvalue weighted by Gasteiger charge is -2.22. The van der Waals surface area contributed by atoms with Gasteiger partial charge >= 0.3 is 12.1 Å². The van der Waals surface area contributed by atoms with E-state index in [1.54, 1.807) is 25.1 Å². The minimum atomic E-state index is -4.39. The summed E-state index contributed by atoms with van der Waals surface area (Å²) in [5, 5.41) is 9.87. The number of aliphatic carboxylic acids is 1. The van der Waals surface area contributed by atoms with Gasteiger partial charge in [-0.25, -0.2) is 9.78 Å². The van der Waals surface area contributed by atoms with E-state index < -0.39 is 23.3 Å². The highest BCUT2D eigenvalue weighted by Gasteiger charge is 2.31. The number of ketones is 1. The molecule has 0 bridgehead atoms. The van der Waals surface area contributed by atoms with E-state index in [1.807, 2.05) is 6.92 Å². The first-order valence-corrected chi connectivity index (χ1v) is 11.9. The Morgan fingerprint density at radius 2 is 1.74 bits per heavy atom. The number of carbonyl (C=O) groups is 2. The van der Waals surface area contributed by atoms with Crippen LogP contribution in [0.3, 0.4) is 0 Å². The number of alkyl halides is 3. The van der Waals surface area contributed by atoms with Crippen LogP contribution in [-0.2, 0) is 23.8 Å². The molecule has 0 saturated carbocycles. The standard InChI is InChI=1S/C26H26F3NO4S/c1-5-19-22(35-23(30-19)16-6-9-18(10-7-16)26(27,28)29)13-11-20(31)17-8-12-21(15(2)14-17)34-25(3,4)24(32)33/h6-10,12,14H,5,11,13H2,1-4H3,(H,32,33). The lowest BCUT2D eigenvalue weighted by atomic mass is 10.0. The van der Waals surface area contributed by atoms with Gasteiger partial charge in [0.25, 0.3) is 0 Å². The molecule has 1 aromatic heterocycles. The predicted octanol–water partition coefficient (Wildman–Crippen LogP) is 6.76. The van der Waals surface area contributed by atoms with Crippen LogP contribution in [0.15, 0.2) is 42.5 Å². The number of benzene rings is 2. The molecule has 3 aromatic rings. The number of aryl methyl sites for hydroxylation is 3. The third-order valence-electron chi connectivity index (χ3n) is 5.53. The van der Waals surface area contributed by atoms with Crippen LogP contribution in [0.2, 0.25) is 0 Å². The van der Waals surface area contributed by atoms with Crippen LogP contribution in [0, 0.1) is 6.92 Å². The van der Waals surface area contributed by atoms with Crippen molar-refractivity contribution < 1.29 is 32.6 Å². The lowest BCUT2D eigenvalue weighted by molar-refractivity contribution is -0.152. The number of hydrogen-bond donors (Lipinski definition) is 1. The molecule has 0 unspecified atom stereocenters. The number of halogens is 3. The third kappa shape index (κ3) is 6.28. The Hall–Kier alpha value is -3.20. The molecule has 3 rings (SSSR count). The molecule has 5 nitrogen and oxygen atoms in total. The van der Waals surface area contributed by atoms with Crippen molar-refractivity contribution in [1.82, 2.24) is 4.98 Å². The van der Waals surface area contributed by atoms with Crippen molar-refractivity contribution in [2.24, 2.45) is 0 Å². The zero-order chi connectivity index (χ0) is 26.0. The minimum absolute atomic E-state index is 0.0799. The van der Waals surface area contributed by atoms with Crippen molar-refractivity contribution in [2.75, 3.05) is 0 Å². The van der Waals surface area contributed by atoms with E-state index in [4.69, 9.17) is 4.74 Å². The predicted molar refractivity (Wildman–Crippen MR) is 128 cm³/mol. The number of nitrogens with zero attached hydrogens (tertiary/aromatic N) is 1. The molecule has 9 heteroatoms. The van der Waals surface area contributed by atoms with Crippen molar-refractivity contribution in [2.45, 2.75) is 58.7 Å². The van der Waals surface area contributed by atoms with Gasteiger partial charge in [0.05, 0.1) is 11.3 Å². The second-order valence-corrected chi connectivity index (χ2v) is 9.72. The molecule has 186 valence electrons. The maximum absolute atomic E-state index is 12.8. The van der Waals surface area contributed by atoms with Gasteiger partial charge in [0.2, 0.25) is 0 Å². The number of carboxylic acids is 1. The highest BCUT2D eigenvalue weighted by atomic mass is 32.1. The fraction of sp³-hybridized carbons (Fsp3) is 0.346. The van der Waals surface area contributed by atoms with E-state index >= 15 is 0 Å². The monoisotopic (exact) mass is 505 g/mol. The first kappa shape index (κ1) is 26.4. The van der Waals surface area contributed by atoms with Crippen LogP contribution >= 0.6 is 11.3 Å². The Morgan fingerprint density at radius 3 is 2.29 bits per heavy atom. The number of carbonyl (C=O) groups excluding carboxylic acids is 1. The van der Waals surface area contributed by atoms with E-state index in [9.17, 15) is 27.9 Å². The quantitative estimate of drug-likeness (QED) is 0.325. The van der Waals surface area contributed by atoms with Crippen molar-refractivity contribution in [1.29, 1.82) is 0 Å². The van der Waals surface area contributed by atoms with Gasteiger partial charge in [-0.3, -0.25) is 4.79 Å². The number of Topliss-reactive ketones (excluding diaryl/α,β-unsaturated/α-hetero) is 1. The number of hydrogen-bond acceptors (Lipinski definition) is 5. The third-order valence-corrected chi connectivity index (χ3v) is 6.73. The number of ether oxygens (including phenoxy) is 1. The molecule has 0 saturated heterocycles. The van der Waals surface area contributed by atoms with E-state index in [0.29, 0.717) is 40.3 Å². The summed E-state index contributed by atoms with van der Waals surface area (Å²) in [7, 11) is 0. The molecule has 0 radical (unpaired) electrons. The Balaban J connectivity index is 1.72. The van der Waals surface area contributed by atoms with Gasteiger partial charge in [-0.1, -0.05) is 19.1 Å². The Morgan fingerprint density at radius 1 is 1.09 bits per heavy atom. The second-order valence-electron chi connectivity index (χ2n) is 8.64. The molecule has 1 N–H and O–H groups in total. The largest absolute Gasteiger partial charge is 0.478 e. The topological polar surface area (TPSA) is 76.5 Å². The summed E-state index contributed by atoms with van der Waals surface area (Å²) in [6, 6.07) is 9.79. The van der Waals surface area contributed by atoms with Crippen molar-refractivity contribution in [3.05, 3.63) is 69.7 Å². The average Bonchev–Trinajstić information content (AvgIpc) is 3.21. The van der Waals surface area contributed by atoms with E-state index in [-0.39, 0.29) is 12.2 Å². The molecule has 0 spiro atoms. The molecule has 0 amide bonds. The highest BCUT2D eigenvalue weighted by Crippen LogP contribution is 2.34. The summed E-state index contributed by atoms with van der Waals surface area (Å²) >= 11 is 1.38. The summed E-state index contributed by atoms with van der Waals surface area (Å²) in [6.07, 6.45) is -3.05. The first-order chi connectivity index (χ1) is 16.3. The summed E-state index contributed by atoms with van der Waals surface area (Å²) in [6.45, 7) is 6.59. The Kier molecular flexibility index (Phi) is 7.69. The zero-order valence-electron chi connectivity index (χ0n) is 19.8. The molecular formula is C26H26F3NO4S. The van der Waals surface area contributed by atoms with Crippen LogP contribution in [0.5, 0.6) is 5.75 Å². The molecule has 35 heavy (non-hydrogen) atoms. The smallest absolute Gasteiger partial charge is 0.416 e. The molecule has 0 aliphatic heterocycles. The summed E-state index contributed by atoms with van der Waals surface area (Å²) in [5.74, 6) is -0.779. The fourth-order valence-electron chi connectivity index (χ4n) is 3.41. The van der Waals surface area contributed by atoms with Gasteiger partial charge in [0, 0.05) is 22.4 Å². The SMILES string of the molecule is CCc1nc(-c2ccc(C(F)(F)F)cc2)sc1CCC(=O)c1ccc(OC(C)(C)C(=O)O)c(C)c1. The number of carboxylic acid groups (broad SMARTS) is 1. The van der Waals surface area contributed by atoms with Gasteiger partial charge in [-0.05, 0) is 69.5 Å². The zero-order valence-corrected chi connectivity index (χ0v) is 20.6. The van der Waals surface area contributed by atoms with Crippen molar-refractivity contribution >= 4 is 23.1 Å². The van der Waals surface area contributed by atoms with E-state index in [2.05, 4.69) is 4.98 Å². The Bertz CT molecular complexity index is 1230. The minimum Gasteiger partial charge on any atom is -0.478 e. The molecule has 0 fully saturated rings. The van der Waals surface area contributed by atoms with Crippen LogP contribution in [-0.4, -0.2) is 27.4 Å². The van der Waals surface area contributed by atoms with Crippen LogP contribution in [0.25, 0.3) is 10.6 Å². The van der Waals surface area contributed by atoms with Gasteiger partial charge in [-0.2, -0.15) is 13.2 Å². The number of thiazole rings is 1. The van der Waals surface area contributed by atoms with Gasteiger partial charge in [0.1, 0.15) is 10.8 Å². The number of rotatable bonds is 9. The molecular weight excluding hydrogens is 479 g/mol. The molecule has 2 aromatic carbocycles. The maximum Gasteiger partial charge on any atom is 0.416 e. The summed E-state index contributed by atoms with van der Waals surface area (Å²) in [4.78, 5) is 29.6. The molecule has 0 atom stereocenters. The first-order valence-electron chi connectivity index (χ1n) is 11.0. The summed E-state index contributed by atoms with van der Waals surface area (Å²) in [5.41, 5.74) is 0.469. The van der Waals surface area contributed by atoms with Crippen LogP contribution in [0.4, 0.5) is 13.2 Å². The molecule has 0 aliphatic rings. The normalized spacial score (nSPS) is 12.0. The average molecular weight is 506 g/mol. The van der Waals surface area contributed by atoms with E-state index in [1.165, 1.54) is 37.3 Å². The molecule has 0 aliphatic carbocycles. The Labute approximate surface area is 205 Å². The maximum atomic E-state index is 12.8. The molecule has 1 heterocycles. The lowest BCUT2D eigenvalue weighted by Crippen LogP contribution is -2.38. The van der Waals surface area contributed by atoms with Crippen LogP contribution < -0.4 is 4.74 Å².